The molecule has 6 heteroatoms. The van der Waals surface area contributed by atoms with Crippen LogP contribution in [-0.2, 0) is 0 Å². The van der Waals surface area contributed by atoms with Crippen LogP contribution in [0.5, 0.6) is 0 Å². The van der Waals surface area contributed by atoms with Crippen molar-refractivity contribution < 1.29 is 4.79 Å². The summed E-state index contributed by atoms with van der Waals surface area (Å²) < 4.78 is 0. The molecule has 0 aliphatic carbocycles. The molecule has 6 nitrogen and oxygen atoms in total. The van der Waals surface area contributed by atoms with E-state index in [1.165, 1.54) is 6.07 Å². The highest BCUT2D eigenvalue weighted by atomic mass is 16.1. The number of rotatable bonds is 3. The number of benzene rings is 1. The Morgan fingerprint density at radius 1 is 1.21 bits per heavy atom. The summed E-state index contributed by atoms with van der Waals surface area (Å²) in [7, 11) is 0. The average molecular weight is 251 g/mol. The molecule has 1 aromatic rings. The third kappa shape index (κ3) is 3.09. The van der Waals surface area contributed by atoms with Gasteiger partial charge in [0, 0.05) is 11.3 Å². The van der Waals surface area contributed by atoms with E-state index in [1.54, 1.807) is 37.3 Å². The Morgan fingerprint density at radius 3 is 2.32 bits per heavy atom. The van der Waals surface area contributed by atoms with Gasteiger partial charge in [-0.2, -0.15) is 15.8 Å². The van der Waals surface area contributed by atoms with Crippen molar-refractivity contribution >= 4 is 11.6 Å². The first-order valence-corrected chi connectivity index (χ1v) is 5.15. The van der Waals surface area contributed by atoms with Crippen molar-refractivity contribution in [2.45, 2.75) is 6.92 Å². The maximum Gasteiger partial charge on any atom is 0.248 e. The predicted molar refractivity (Wildman–Crippen MR) is 67.2 cm³/mol. The zero-order chi connectivity index (χ0) is 14.4. The highest BCUT2D eigenvalue weighted by Gasteiger charge is 2.09. The molecular weight excluding hydrogens is 242 g/mol. The Morgan fingerprint density at radius 2 is 1.84 bits per heavy atom. The van der Waals surface area contributed by atoms with E-state index >= 15 is 0 Å². The van der Waals surface area contributed by atoms with E-state index in [0.717, 1.165) is 5.56 Å². The van der Waals surface area contributed by atoms with Gasteiger partial charge in [-0.25, -0.2) is 0 Å². The van der Waals surface area contributed by atoms with Gasteiger partial charge < -0.3 is 11.1 Å². The van der Waals surface area contributed by atoms with Crippen molar-refractivity contribution in [3.63, 3.8) is 0 Å². The maximum absolute atomic E-state index is 11.1. The second-order valence-corrected chi connectivity index (χ2v) is 3.60. The normalized spacial score (nSPS) is 8.53. The largest absolute Gasteiger partial charge is 0.366 e. The SMILES string of the molecule is Cc1ccc(C(N)=O)cc1NC(C#N)=C(C#N)C#N. The number of carbonyl (C=O) groups is 1. The molecular formula is C13H9N5O. The molecule has 0 aliphatic rings. The number of hydrogen-bond acceptors (Lipinski definition) is 5. The summed E-state index contributed by atoms with van der Waals surface area (Å²) in [6, 6.07) is 9.64. The molecule has 0 aromatic heterocycles. The number of carbonyl (C=O) groups excluding carboxylic acids is 1. The fraction of sp³-hybridized carbons (Fsp3) is 0.0769. The van der Waals surface area contributed by atoms with Crippen LogP contribution in [0.4, 0.5) is 5.69 Å². The number of nitrogens with one attached hydrogen (secondary N) is 1. The van der Waals surface area contributed by atoms with Crippen molar-refractivity contribution in [3.8, 4) is 18.2 Å². The summed E-state index contributed by atoms with van der Waals surface area (Å²) in [6.07, 6.45) is 0. The van der Waals surface area contributed by atoms with E-state index in [2.05, 4.69) is 5.32 Å². The maximum atomic E-state index is 11.1. The molecule has 0 heterocycles. The highest BCUT2D eigenvalue weighted by Crippen LogP contribution is 2.19. The molecule has 0 spiro atoms. The number of nitrogens with zero attached hydrogens (tertiary/aromatic N) is 3. The number of aryl methyl sites for hydroxylation is 1. The lowest BCUT2D eigenvalue weighted by molar-refractivity contribution is 0.100. The molecule has 1 amide bonds. The summed E-state index contributed by atoms with van der Waals surface area (Å²) in [6.45, 7) is 1.75. The third-order valence-electron chi connectivity index (χ3n) is 2.37. The molecule has 1 aromatic carbocycles. The smallest absolute Gasteiger partial charge is 0.248 e. The number of primary amides is 1. The third-order valence-corrected chi connectivity index (χ3v) is 2.37. The van der Waals surface area contributed by atoms with Gasteiger partial charge in [0.1, 0.15) is 23.9 Å². The van der Waals surface area contributed by atoms with E-state index in [4.69, 9.17) is 21.5 Å². The molecule has 0 atom stereocenters. The average Bonchev–Trinajstić information content (AvgIpc) is 2.40. The summed E-state index contributed by atoms with van der Waals surface area (Å²) in [5.74, 6) is -0.605. The van der Waals surface area contributed by atoms with Crippen molar-refractivity contribution in [1.82, 2.24) is 0 Å². The van der Waals surface area contributed by atoms with Crippen LogP contribution >= 0.6 is 0 Å². The van der Waals surface area contributed by atoms with E-state index in [9.17, 15) is 4.79 Å². The Bertz CT molecular complexity index is 666. The van der Waals surface area contributed by atoms with Crippen LogP contribution in [0.25, 0.3) is 0 Å². The van der Waals surface area contributed by atoms with E-state index in [0.29, 0.717) is 5.69 Å². The van der Waals surface area contributed by atoms with Gasteiger partial charge in [-0.3, -0.25) is 4.79 Å². The monoisotopic (exact) mass is 251 g/mol. The topological polar surface area (TPSA) is 126 Å². The molecule has 19 heavy (non-hydrogen) atoms. The van der Waals surface area contributed by atoms with Crippen molar-refractivity contribution in [2.75, 3.05) is 5.32 Å². The summed E-state index contributed by atoms with van der Waals surface area (Å²) >= 11 is 0. The number of hydrogen-bond donors (Lipinski definition) is 2. The quantitative estimate of drug-likeness (QED) is 0.783. The molecule has 92 valence electrons. The number of nitriles is 3. The minimum atomic E-state index is -0.605. The fourth-order valence-corrected chi connectivity index (χ4v) is 1.33. The van der Waals surface area contributed by atoms with Crippen LogP contribution in [0.3, 0.4) is 0 Å². The second-order valence-electron chi connectivity index (χ2n) is 3.60. The first kappa shape index (κ1) is 13.8. The van der Waals surface area contributed by atoms with Gasteiger partial charge in [-0.1, -0.05) is 6.07 Å². The second kappa shape index (κ2) is 5.86. The molecule has 0 saturated heterocycles. The Kier molecular flexibility index (Phi) is 4.24. The minimum Gasteiger partial charge on any atom is -0.366 e. The van der Waals surface area contributed by atoms with Gasteiger partial charge in [0.25, 0.3) is 0 Å². The fourth-order valence-electron chi connectivity index (χ4n) is 1.33. The minimum absolute atomic E-state index is 0.172. The van der Waals surface area contributed by atoms with Crippen LogP contribution in [0.2, 0.25) is 0 Å². The van der Waals surface area contributed by atoms with Crippen LogP contribution in [0.1, 0.15) is 15.9 Å². The lowest BCUT2D eigenvalue weighted by atomic mass is 10.1. The number of nitrogens with two attached hydrogens (primary N) is 1. The molecule has 0 aliphatic heterocycles. The Labute approximate surface area is 110 Å². The van der Waals surface area contributed by atoms with E-state index < -0.39 is 5.91 Å². The van der Waals surface area contributed by atoms with Crippen LogP contribution < -0.4 is 11.1 Å². The van der Waals surface area contributed by atoms with Crippen LogP contribution in [0, 0.1) is 40.9 Å². The number of anilines is 1. The van der Waals surface area contributed by atoms with Crippen molar-refractivity contribution in [3.05, 3.63) is 40.6 Å². The number of amides is 1. The number of allylic oxidation sites excluding steroid dienone is 2. The molecule has 0 saturated carbocycles. The summed E-state index contributed by atoms with van der Waals surface area (Å²) in [5, 5.41) is 29.0. The molecule has 0 radical (unpaired) electrons. The van der Waals surface area contributed by atoms with E-state index in [-0.39, 0.29) is 16.8 Å². The zero-order valence-corrected chi connectivity index (χ0v) is 10.1. The lowest BCUT2D eigenvalue weighted by Gasteiger charge is -2.09. The van der Waals surface area contributed by atoms with Crippen LogP contribution in [-0.4, -0.2) is 5.91 Å². The van der Waals surface area contributed by atoms with Crippen molar-refractivity contribution in [1.29, 1.82) is 15.8 Å². The van der Waals surface area contributed by atoms with Gasteiger partial charge in [0.2, 0.25) is 5.91 Å². The predicted octanol–water partition coefficient (Wildman–Crippen LogP) is 1.33. The summed E-state index contributed by atoms with van der Waals surface area (Å²) in [5.41, 5.74) is 6.11. The van der Waals surface area contributed by atoms with Gasteiger partial charge in [-0.05, 0) is 24.6 Å². The molecule has 0 bridgehead atoms. The van der Waals surface area contributed by atoms with Crippen molar-refractivity contribution in [2.24, 2.45) is 5.73 Å². The standard InChI is InChI=1S/C13H9N5O/c1-8-2-3-9(13(17)19)4-11(8)18-12(7-16)10(5-14)6-15/h2-4,18H,1H3,(H2,17,19). The molecule has 3 N–H and O–H groups in total. The van der Waals surface area contributed by atoms with E-state index in [1.807, 2.05) is 0 Å². The molecule has 1 rings (SSSR count). The molecule has 0 unspecified atom stereocenters. The van der Waals surface area contributed by atoms with Gasteiger partial charge in [0.15, 0.2) is 5.57 Å². The Hall–Kier alpha value is -3.30. The zero-order valence-electron chi connectivity index (χ0n) is 10.1. The van der Waals surface area contributed by atoms with Crippen LogP contribution in [0.15, 0.2) is 29.5 Å². The molecule has 0 fully saturated rings. The Balaban J connectivity index is 3.27. The van der Waals surface area contributed by atoms with Gasteiger partial charge >= 0.3 is 0 Å². The first-order valence-electron chi connectivity index (χ1n) is 5.15. The summed E-state index contributed by atoms with van der Waals surface area (Å²) in [4.78, 5) is 11.1. The first-order chi connectivity index (χ1) is 9.03. The highest BCUT2D eigenvalue weighted by molar-refractivity contribution is 5.94. The lowest BCUT2D eigenvalue weighted by Crippen LogP contribution is -2.12. The van der Waals surface area contributed by atoms with Gasteiger partial charge in [0.05, 0.1) is 0 Å². The van der Waals surface area contributed by atoms with Gasteiger partial charge in [-0.15, -0.1) is 0 Å².